The Morgan fingerprint density at radius 1 is 0.893 bits per heavy atom. The molecule has 4 aromatic rings. The van der Waals surface area contributed by atoms with Crippen molar-refractivity contribution in [2.75, 3.05) is 0 Å². The number of carboxylic acids is 1. The smallest absolute Gasteiger partial charge is 0.307 e. The minimum Gasteiger partial charge on any atom is -0.481 e. The molecule has 0 spiro atoms. The quantitative estimate of drug-likeness (QED) is 0.530. The molecule has 0 fully saturated rings. The number of aromatic nitrogens is 2. The van der Waals surface area contributed by atoms with Crippen molar-refractivity contribution in [1.29, 1.82) is 0 Å². The number of carboxylic acid groups (broad SMARTS) is 1. The molecule has 1 heterocycles. The van der Waals surface area contributed by atoms with Gasteiger partial charge in [0.25, 0.3) is 0 Å². The largest absolute Gasteiger partial charge is 0.481 e. The molecule has 0 unspecified atom stereocenters. The van der Waals surface area contributed by atoms with Gasteiger partial charge in [-0.25, -0.2) is 4.68 Å². The number of rotatable bonds is 5. The van der Waals surface area contributed by atoms with Crippen LogP contribution in [0.15, 0.2) is 84.9 Å². The van der Waals surface area contributed by atoms with Gasteiger partial charge < -0.3 is 5.11 Å². The molecule has 0 amide bonds. The SMILES string of the molecule is Cc1cccc(-n2nc(-c3ccccc3)c(CC(=O)O)c2-c2ccccc2)c1. The van der Waals surface area contributed by atoms with Crippen LogP contribution >= 0.6 is 0 Å². The second-order valence-corrected chi connectivity index (χ2v) is 6.73. The van der Waals surface area contributed by atoms with Gasteiger partial charge in [0.15, 0.2) is 0 Å². The molecule has 0 atom stereocenters. The summed E-state index contributed by atoms with van der Waals surface area (Å²) < 4.78 is 1.86. The zero-order valence-corrected chi connectivity index (χ0v) is 15.5. The predicted molar refractivity (Wildman–Crippen MR) is 111 cm³/mol. The van der Waals surface area contributed by atoms with Crippen molar-refractivity contribution in [2.45, 2.75) is 13.3 Å². The summed E-state index contributed by atoms with van der Waals surface area (Å²) >= 11 is 0. The van der Waals surface area contributed by atoms with E-state index in [0.717, 1.165) is 28.1 Å². The van der Waals surface area contributed by atoms with E-state index in [1.54, 1.807) is 0 Å². The molecule has 0 bridgehead atoms. The highest BCUT2D eigenvalue weighted by atomic mass is 16.4. The molecule has 0 aliphatic rings. The van der Waals surface area contributed by atoms with E-state index in [4.69, 9.17) is 5.10 Å². The highest BCUT2D eigenvalue weighted by molar-refractivity contribution is 5.82. The summed E-state index contributed by atoms with van der Waals surface area (Å²) in [5, 5.41) is 14.5. The lowest BCUT2D eigenvalue weighted by Crippen LogP contribution is -2.04. The van der Waals surface area contributed by atoms with E-state index in [2.05, 4.69) is 6.07 Å². The maximum absolute atomic E-state index is 11.7. The van der Waals surface area contributed by atoms with Gasteiger partial charge >= 0.3 is 5.97 Å². The third-order valence-electron chi connectivity index (χ3n) is 4.65. The van der Waals surface area contributed by atoms with Crippen molar-refractivity contribution in [3.8, 4) is 28.2 Å². The van der Waals surface area contributed by atoms with Crippen LogP contribution in [0.3, 0.4) is 0 Å². The molecule has 0 saturated carbocycles. The van der Waals surface area contributed by atoms with E-state index < -0.39 is 5.97 Å². The number of nitrogens with zero attached hydrogens (tertiary/aromatic N) is 2. The fourth-order valence-electron chi connectivity index (χ4n) is 3.44. The minimum atomic E-state index is -0.877. The zero-order chi connectivity index (χ0) is 19.5. The van der Waals surface area contributed by atoms with Crippen molar-refractivity contribution < 1.29 is 9.90 Å². The van der Waals surface area contributed by atoms with Gasteiger partial charge in [0.05, 0.1) is 23.5 Å². The maximum atomic E-state index is 11.7. The van der Waals surface area contributed by atoms with E-state index in [9.17, 15) is 9.90 Å². The van der Waals surface area contributed by atoms with Gasteiger partial charge in [0.2, 0.25) is 0 Å². The van der Waals surface area contributed by atoms with Gasteiger partial charge in [-0.1, -0.05) is 72.8 Å². The first-order chi connectivity index (χ1) is 13.6. The first kappa shape index (κ1) is 17.7. The predicted octanol–water partition coefficient (Wildman–Crippen LogP) is 5.14. The minimum absolute atomic E-state index is 0.0970. The molecular weight excluding hydrogens is 348 g/mol. The molecule has 4 heteroatoms. The summed E-state index contributed by atoms with van der Waals surface area (Å²) in [6.07, 6.45) is -0.0970. The lowest BCUT2D eigenvalue weighted by molar-refractivity contribution is -0.136. The van der Waals surface area contributed by atoms with E-state index in [0.29, 0.717) is 11.3 Å². The first-order valence-electron chi connectivity index (χ1n) is 9.15. The lowest BCUT2D eigenvalue weighted by atomic mass is 9.99. The number of aliphatic carboxylic acids is 1. The second-order valence-electron chi connectivity index (χ2n) is 6.73. The van der Waals surface area contributed by atoms with Crippen LogP contribution in [-0.4, -0.2) is 20.9 Å². The summed E-state index contributed by atoms with van der Waals surface area (Å²) in [6, 6.07) is 27.6. The van der Waals surface area contributed by atoms with Gasteiger partial charge in [-0.05, 0) is 24.6 Å². The van der Waals surface area contributed by atoms with Crippen molar-refractivity contribution in [3.05, 3.63) is 96.1 Å². The summed E-state index contributed by atoms with van der Waals surface area (Å²) in [7, 11) is 0. The molecule has 4 nitrogen and oxygen atoms in total. The van der Waals surface area contributed by atoms with E-state index in [-0.39, 0.29) is 6.42 Å². The molecule has 0 aliphatic heterocycles. The molecule has 0 aliphatic carbocycles. The summed E-state index contributed by atoms with van der Waals surface area (Å²) in [5.74, 6) is -0.877. The number of carbonyl (C=O) groups is 1. The average Bonchev–Trinajstić information content (AvgIpc) is 3.08. The van der Waals surface area contributed by atoms with Crippen LogP contribution in [0, 0.1) is 6.92 Å². The van der Waals surface area contributed by atoms with Gasteiger partial charge in [-0.15, -0.1) is 0 Å². The van der Waals surface area contributed by atoms with Crippen LogP contribution in [0.25, 0.3) is 28.2 Å². The van der Waals surface area contributed by atoms with E-state index >= 15 is 0 Å². The van der Waals surface area contributed by atoms with Crippen molar-refractivity contribution in [2.24, 2.45) is 0 Å². The van der Waals surface area contributed by atoms with E-state index in [1.165, 1.54) is 0 Å². The Labute approximate surface area is 163 Å². The topological polar surface area (TPSA) is 55.1 Å². The molecule has 3 aromatic carbocycles. The Bertz CT molecular complexity index is 1120. The molecule has 0 radical (unpaired) electrons. The van der Waals surface area contributed by atoms with Crippen LogP contribution in [-0.2, 0) is 11.2 Å². The Morgan fingerprint density at radius 3 is 2.14 bits per heavy atom. The molecule has 1 N–H and O–H groups in total. The molecule has 138 valence electrons. The molecule has 1 aromatic heterocycles. The Hall–Kier alpha value is -3.66. The first-order valence-corrected chi connectivity index (χ1v) is 9.15. The van der Waals surface area contributed by atoms with E-state index in [1.807, 2.05) is 90.5 Å². The Balaban J connectivity index is 2.05. The Kier molecular flexibility index (Phi) is 4.77. The normalized spacial score (nSPS) is 10.8. The van der Waals surface area contributed by atoms with Crippen molar-refractivity contribution >= 4 is 5.97 Å². The van der Waals surface area contributed by atoms with Crippen LogP contribution in [0.4, 0.5) is 0 Å². The lowest BCUT2D eigenvalue weighted by Gasteiger charge is -2.10. The third kappa shape index (κ3) is 3.45. The second kappa shape index (κ2) is 7.53. The van der Waals surface area contributed by atoms with Crippen LogP contribution in [0.1, 0.15) is 11.1 Å². The van der Waals surface area contributed by atoms with Gasteiger partial charge in [0.1, 0.15) is 0 Å². The molecule has 28 heavy (non-hydrogen) atoms. The van der Waals surface area contributed by atoms with Crippen LogP contribution in [0.2, 0.25) is 0 Å². The van der Waals surface area contributed by atoms with Gasteiger partial charge in [-0.2, -0.15) is 5.10 Å². The maximum Gasteiger partial charge on any atom is 0.307 e. The van der Waals surface area contributed by atoms with Crippen LogP contribution < -0.4 is 0 Å². The number of hydrogen-bond acceptors (Lipinski definition) is 2. The monoisotopic (exact) mass is 368 g/mol. The molecular formula is C24H20N2O2. The molecule has 4 rings (SSSR count). The fraction of sp³-hybridized carbons (Fsp3) is 0.0833. The number of aryl methyl sites for hydroxylation is 1. The third-order valence-corrected chi connectivity index (χ3v) is 4.65. The Morgan fingerprint density at radius 2 is 1.54 bits per heavy atom. The van der Waals surface area contributed by atoms with Crippen molar-refractivity contribution in [3.63, 3.8) is 0 Å². The zero-order valence-electron chi connectivity index (χ0n) is 15.5. The van der Waals surface area contributed by atoms with Gasteiger partial charge in [-0.3, -0.25) is 4.79 Å². The number of benzene rings is 3. The summed E-state index contributed by atoms with van der Waals surface area (Å²) in [6.45, 7) is 2.03. The standard InChI is InChI=1S/C24H20N2O2/c1-17-9-8-14-20(15-17)26-24(19-12-6-3-7-13-19)21(16-22(27)28)23(25-26)18-10-4-2-5-11-18/h2-15H,16H2,1H3,(H,27,28). The molecule has 0 saturated heterocycles. The highest BCUT2D eigenvalue weighted by Gasteiger charge is 2.23. The fourth-order valence-corrected chi connectivity index (χ4v) is 3.44. The summed E-state index contributed by atoms with van der Waals surface area (Å²) in [5.41, 5.74) is 6.10. The highest BCUT2D eigenvalue weighted by Crippen LogP contribution is 2.34. The van der Waals surface area contributed by atoms with Crippen LogP contribution in [0.5, 0.6) is 0 Å². The average molecular weight is 368 g/mol. The van der Waals surface area contributed by atoms with Gasteiger partial charge in [0, 0.05) is 16.7 Å². The summed E-state index contributed by atoms with van der Waals surface area (Å²) in [4.78, 5) is 11.7. The van der Waals surface area contributed by atoms with Crippen molar-refractivity contribution in [1.82, 2.24) is 9.78 Å². The number of hydrogen-bond donors (Lipinski definition) is 1.